The van der Waals surface area contributed by atoms with Gasteiger partial charge in [-0.25, -0.2) is 13.4 Å². The van der Waals surface area contributed by atoms with Crippen molar-refractivity contribution in [3.63, 3.8) is 0 Å². The molecule has 2 heterocycles. The van der Waals surface area contributed by atoms with Crippen LogP contribution in [0.3, 0.4) is 0 Å². The number of fused-ring (bicyclic) bond motifs is 2. The van der Waals surface area contributed by atoms with Gasteiger partial charge >= 0.3 is 0 Å². The molecule has 1 amide bonds. The topological polar surface area (TPSA) is 92.4 Å². The highest BCUT2D eigenvalue weighted by atomic mass is 79.9. The number of aromatic nitrogens is 2. The van der Waals surface area contributed by atoms with E-state index >= 15 is 0 Å². The molecule has 7 nitrogen and oxygen atoms in total. The summed E-state index contributed by atoms with van der Waals surface area (Å²) in [6.07, 6.45) is 0.535. The highest BCUT2D eigenvalue weighted by Crippen LogP contribution is 2.31. The second-order valence-electron chi connectivity index (χ2n) is 8.84. The molecule has 4 aromatic rings. The van der Waals surface area contributed by atoms with E-state index in [9.17, 15) is 13.2 Å². The highest BCUT2D eigenvalue weighted by molar-refractivity contribution is 9.09. The van der Waals surface area contributed by atoms with Crippen molar-refractivity contribution in [1.82, 2.24) is 14.9 Å². The maximum Gasteiger partial charge on any atom is 0.254 e. The SMILES string of the molecule is Cc1nc2ccc(-c3ccc4c(c3)CN(C(=O)c3ccc(S(=O)(=O)CCCBr)cc3)CCO4)cc2[nH]1. The first kappa shape index (κ1) is 24.5. The van der Waals surface area contributed by atoms with E-state index in [2.05, 4.69) is 38.0 Å². The monoisotopic (exact) mass is 567 g/mol. The minimum absolute atomic E-state index is 0.0705. The molecule has 5 rings (SSSR count). The summed E-state index contributed by atoms with van der Waals surface area (Å²) in [4.78, 5) is 23.0. The Kier molecular flexibility index (Phi) is 6.85. The highest BCUT2D eigenvalue weighted by Gasteiger charge is 2.22. The number of hydrogen-bond donors (Lipinski definition) is 1. The van der Waals surface area contributed by atoms with Crippen LogP contribution >= 0.6 is 15.9 Å². The van der Waals surface area contributed by atoms with Crippen molar-refractivity contribution in [1.29, 1.82) is 0 Å². The number of rotatable bonds is 6. The lowest BCUT2D eigenvalue weighted by Gasteiger charge is -2.20. The van der Waals surface area contributed by atoms with Crippen LogP contribution in [-0.4, -0.2) is 53.4 Å². The second-order valence-corrected chi connectivity index (χ2v) is 11.7. The fourth-order valence-corrected chi connectivity index (χ4v) is 6.38. The van der Waals surface area contributed by atoms with Crippen LogP contribution in [0.15, 0.2) is 65.6 Å². The van der Waals surface area contributed by atoms with E-state index in [0.717, 1.165) is 39.3 Å². The molecule has 0 atom stereocenters. The molecule has 0 saturated carbocycles. The summed E-state index contributed by atoms with van der Waals surface area (Å²) >= 11 is 3.27. The summed E-state index contributed by atoms with van der Waals surface area (Å²) in [7, 11) is -3.36. The summed E-state index contributed by atoms with van der Waals surface area (Å²) in [6, 6.07) is 18.4. The number of carbonyl (C=O) groups is 1. The zero-order chi connectivity index (χ0) is 25.3. The first-order valence-electron chi connectivity index (χ1n) is 11.7. The second kappa shape index (κ2) is 10.1. The third kappa shape index (κ3) is 5.03. The summed E-state index contributed by atoms with van der Waals surface area (Å²) in [6.45, 7) is 3.16. The molecule has 0 spiro atoms. The Morgan fingerprint density at radius 1 is 1.08 bits per heavy atom. The third-order valence-electron chi connectivity index (χ3n) is 6.27. The van der Waals surface area contributed by atoms with Crippen LogP contribution in [0.25, 0.3) is 22.2 Å². The van der Waals surface area contributed by atoms with E-state index in [1.807, 2.05) is 31.2 Å². The Hall–Kier alpha value is -3.17. The predicted molar refractivity (Wildman–Crippen MR) is 143 cm³/mol. The van der Waals surface area contributed by atoms with Crippen LogP contribution in [0.2, 0.25) is 0 Å². The Morgan fingerprint density at radius 2 is 1.83 bits per heavy atom. The summed E-state index contributed by atoms with van der Waals surface area (Å²) in [5.74, 6) is 1.55. The van der Waals surface area contributed by atoms with Gasteiger partial charge in [-0.3, -0.25) is 4.79 Å². The standard InChI is InChI=1S/C27H26BrN3O4S/c1-18-29-24-9-5-21(16-25(24)30-18)20-6-10-26-22(15-20)17-31(12-13-35-26)27(32)19-3-7-23(8-4-19)36(33,34)14-2-11-28/h3-10,15-16H,2,11-14,17H2,1H3,(H,29,30). The first-order chi connectivity index (χ1) is 17.3. The number of nitrogens with one attached hydrogen (secondary N) is 1. The van der Waals surface area contributed by atoms with Crippen LogP contribution in [0.5, 0.6) is 5.75 Å². The smallest absolute Gasteiger partial charge is 0.254 e. The molecule has 0 saturated heterocycles. The van der Waals surface area contributed by atoms with Crippen LogP contribution in [0.1, 0.15) is 28.2 Å². The number of alkyl halides is 1. The average molecular weight is 568 g/mol. The molecule has 1 aliphatic rings. The lowest BCUT2D eigenvalue weighted by Crippen LogP contribution is -2.32. The summed E-state index contributed by atoms with van der Waals surface area (Å²) in [5, 5.41) is 0.625. The van der Waals surface area contributed by atoms with E-state index < -0.39 is 9.84 Å². The Morgan fingerprint density at radius 3 is 2.61 bits per heavy atom. The Labute approximate surface area is 218 Å². The number of aromatic amines is 1. The summed E-state index contributed by atoms with van der Waals surface area (Å²) < 4.78 is 30.8. The lowest BCUT2D eigenvalue weighted by molar-refractivity contribution is 0.0733. The Bertz CT molecular complexity index is 1530. The molecular weight excluding hydrogens is 542 g/mol. The van der Waals surface area contributed by atoms with E-state index in [4.69, 9.17) is 4.74 Å². The van der Waals surface area contributed by atoms with Crippen LogP contribution in [-0.2, 0) is 16.4 Å². The fraction of sp³-hybridized carbons (Fsp3) is 0.259. The molecule has 0 bridgehead atoms. The van der Waals surface area contributed by atoms with Crippen molar-refractivity contribution < 1.29 is 17.9 Å². The van der Waals surface area contributed by atoms with E-state index in [1.54, 1.807) is 17.0 Å². The third-order valence-corrected chi connectivity index (χ3v) is 8.65. The lowest BCUT2D eigenvalue weighted by atomic mass is 10.0. The maximum absolute atomic E-state index is 13.3. The van der Waals surface area contributed by atoms with Crippen molar-refractivity contribution in [3.05, 3.63) is 77.6 Å². The number of halogens is 1. The molecule has 1 aromatic heterocycles. The van der Waals surface area contributed by atoms with Gasteiger partial charge in [0.25, 0.3) is 5.91 Å². The number of H-pyrrole nitrogens is 1. The molecule has 0 radical (unpaired) electrons. The van der Waals surface area contributed by atoms with Gasteiger partial charge in [0, 0.05) is 23.0 Å². The van der Waals surface area contributed by atoms with E-state index in [0.29, 0.717) is 37.0 Å². The quantitative estimate of drug-likeness (QED) is 0.326. The van der Waals surface area contributed by atoms with Crippen LogP contribution in [0, 0.1) is 6.92 Å². The van der Waals surface area contributed by atoms with E-state index in [-0.39, 0.29) is 16.6 Å². The van der Waals surface area contributed by atoms with Crippen LogP contribution < -0.4 is 4.74 Å². The molecule has 186 valence electrons. The van der Waals surface area contributed by atoms with Crippen molar-refractivity contribution in [3.8, 4) is 16.9 Å². The average Bonchev–Trinajstić information content (AvgIpc) is 3.12. The Balaban J connectivity index is 1.37. The molecule has 0 unspecified atom stereocenters. The number of nitrogens with zero attached hydrogens (tertiary/aromatic N) is 2. The van der Waals surface area contributed by atoms with Gasteiger partial charge in [0.15, 0.2) is 9.84 Å². The van der Waals surface area contributed by atoms with Gasteiger partial charge in [-0.05, 0) is 73.0 Å². The number of benzene rings is 3. The van der Waals surface area contributed by atoms with Gasteiger partial charge in [-0.2, -0.15) is 0 Å². The number of amides is 1. The zero-order valence-corrected chi connectivity index (χ0v) is 22.2. The number of hydrogen-bond acceptors (Lipinski definition) is 5. The number of carbonyl (C=O) groups excluding carboxylic acids is 1. The predicted octanol–water partition coefficient (Wildman–Crippen LogP) is 5.13. The molecule has 9 heteroatoms. The van der Waals surface area contributed by atoms with E-state index in [1.165, 1.54) is 12.1 Å². The van der Waals surface area contributed by atoms with Gasteiger partial charge < -0.3 is 14.6 Å². The van der Waals surface area contributed by atoms with Crippen molar-refractivity contribution >= 4 is 42.7 Å². The van der Waals surface area contributed by atoms with Gasteiger partial charge in [0.2, 0.25) is 0 Å². The van der Waals surface area contributed by atoms with Gasteiger partial charge in [-0.1, -0.05) is 28.1 Å². The zero-order valence-electron chi connectivity index (χ0n) is 19.8. The number of aryl methyl sites for hydroxylation is 1. The molecule has 3 aromatic carbocycles. The van der Waals surface area contributed by atoms with Gasteiger partial charge in [0.1, 0.15) is 18.2 Å². The molecule has 1 N–H and O–H groups in total. The fourth-order valence-electron chi connectivity index (χ4n) is 4.41. The minimum Gasteiger partial charge on any atom is -0.491 e. The molecule has 1 aliphatic heterocycles. The number of ether oxygens (including phenoxy) is 1. The maximum atomic E-state index is 13.3. The van der Waals surface area contributed by atoms with Crippen LogP contribution in [0.4, 0.5) is 0 Å². The number of sulfone groups is 1. The van der Waals surface area contributed by atoms with Crippen molar-refractivity contribution in [2.75, 3.05) is 24.2 Å². The molecule has 0 fully saturated rings. The molecular formula is C27H26BrN3O4S. The van der Waals surface area contributed by atoms with Gasteiger partial charge in [-0.15, -0.1) is 0 Å². The molecule has 0 aliphatic carbocycles. The minimum atomic E-state index is -3.36. The van der Waals surface area contributed by atoms with Gasteiger partial charge in [0.05, 0.1) is 28.2 Å². The number of imidazole rings is 1. The molecule has 36 heavy (non-hydrogen) atoms. The summed E-state index contributed by atoms with van der Waals surface area (Å²) in [5.41, 5.74) is 5.35. The van der Waals surface area contributed by atoms with Crippen molar-refractivity contribution in [2.45, 2.75) is 24.8 Å². The van der Waals surface area contributed by atoms with Crippen molar-refractivity contribution in [2.24, 2.45) is 0 Å². The normalized spacial score (nSPS) is 13.8. The first-order valence-corrected chi connectivity index (χ1v) is 14.5. The largest absolute Gasteiger partial charge is 0.491 e.